The minimum absolute atomic E-state index is 0.232. The van der Waals surface area contributed by atoms with Crippen LogP contribution >= 0.6 is 0 Å². The molecular formula is C21H33N5O2. The van der Waals surface area contributed by atoms with Gasteiger partial charge in [-0.3, -0.25) is 9.79 Å². The van der Waals surface area contributed by atoms with Gasteiger partial charge in [-0.2, -0.15) is 0 Å². The second-order valence-corrected chi connectivity index (χ2v) is 7.58. The minimum atomic E-state index is 0.232. The normalized spacial score (nSPS) is 22.5. The molecule has 3 rings (SSSR count). The number of nitrogens with one attached hydrogen (secondary N) is 2. The molecule has 2 unspecified atom stereocenters. The van der Waals surface area contributed by atoms with E-state index in [1.807, 2.05) is 24.0 Å². The lowest BCUT2D eigenvalue weighted by molar-refractivity contribution is -0.129. The molecule has 0 saturated carbocycles. The summed E-state index contributed by atoms with van der Waals surface area (Å²) in [5, 5.41) is 6.95. The van der Waals surface area contributed by atoms with Crippen LogP contribution in [0.25, 0.3) is 0 Å². The van der Waals surface area contributed by atoms with E-state index in [4.69, 9.17) is 4.74 Å². The van der Waals surface area contributed by atoms with Crippen LogP contribution in [0, 0.1) is 5.92 Å². The zero-order valence-corrected chi connectivity index (χ0v) is 17.3. The second kappa shape index (κ2) is 9.66. The molecule has 2 aliphatic heterocycles. The molecule has 2 atom stereocenters. The molecule has 0 aromatic heterocycles. The van der Waals surface area contributed by atoms with Crippen LogP contribution in [0.15, 0.2) is 29.3 Å². The summed E-state index contributed by atoms with van der Waals surface area (Å²) in [7, 11) is 3.51. The Morgan fingerprint density at radius 3 is 2.89 bits per heavy atom. The molecule has 0 radical (unpaired) electrons. The van der Waals surface area contributed by atoms with Crippen LogP contribution in [-0.4, -0.2) is 69.7 Å². The number of anilines is 1. The fourth-order valence-electron chi connectivity index (χ4n) is 4.00. The number of benzene rings is 1. The fraction of sp³-hybridized carbons (Fsp3) is 0.619. The Bertz CT molecular complexity index is 693. The summed E-state index contributed by atoms with van der Waals surface area (Å²) >= 11 is 0. The number of rotatable bonds is 6. The first-order valence-electron chi connectivity index (χ1n) is 10.3. The summed E-state index contributed by atoms with van der Waals surface area (Å²) in [5.41, 5.74) is 1.22. The highest BCUT2D eigenvalue weighted by atomic mass is 16.5. The Kier molecular flexibility index (Phi) is 7.01. The Balaban J connectivity index is 1.44. The van der Waals surface area contributed by atoms with Crippen molar-refractivity contribution in [2.45, 2.75) is 32.2 Å². The van der Waals surface area contributed by atoms with Gasteiger partial charge in [0, 0.05) is 64.0 Å². The van der Waals surface area contributed by atoms with Gasteiger partial charge in [0.1, 0.15) is 5.75 Å². The molecular weight excluding hydrogens is 354 g/mol. The van der Waals surface area contributed by atoms with Crippen molar-refractivity contribution in [2.24, 2.45) is 10.9 Å². The van der Waals surface area contributed by atoms with Gasteiger partial charge in [0.2, 0.25) is 5.91 Å². The van der Waals surface area contributed by atoms with E-state index >= 15 is 0 Å². The van der Waals surface area contributed by atoms with E-state index in [-0.39, 0.29) is 11.9 Å². The van der Waals surface area contributed by atoms with E-state index in [0.717, 1.165) is 57.3 Å². The van der Waals surface area contributed by atoms with Gasteiger partial charge in [-0.1, -0.05) is 13.0 Å². The quantitative estimate of drug-likeness (QED) is 0.574. The summed E-state index contributed by atoms with van der Waals surface area (Å²) in [5.74, 6) is 2.54. The van der Waals surface area contributed by atoms with Crippen molar-refractivity contribution in [3.63, 3.8) is 0 Å². The van der Waals surface area contributed by atoms with Crippen LogP contribution in [0.2, 0.25) is 0 Å². The third-order valence-electron chi connectivity index (χ3n) is 5.67. The molecule has 1 amide bonds. The number of methoxy groups -OCH3 is 1. The van der Waals surface area contributed by atoms with Crippen molar-refractivity contribution in [1.29, 1.82) is 0 Å². The van der Waals surface area contributed by atoms with Crippen LogP contribution in [0.3, 0.4) is 0 Å². The molecule has 2 aliphatic rings. The van der Waals surface area contributed by atoms with Crippen molar-refractivity contribution < 1.29 is 9.53 Å². The van der Waals surface area contributed by atoms with Crippen LogP contribution < -0.4 is 20.3 Å². The number of likely N-dealkylation sites (tertiary alicyclic amines) is 1. The molecule has 7 heteroatoms. The van der Waals surface area contributed by atoms with E-state index in [0.29, 0.717) is 12.3 Å². The lowest BCUT2D eigenvalue weighted by atomic mass is 10.1. The average molecular weight is 388 g/mol. The lowest BCUT2D eigenvalue weighted by Crippen LogP contribution is -2.46. The Hall–Kier alpha value is -2.44. The SMILES string of the molecule is CCC(=O)N1CCC(NC(=NC)NCC2CCN(c3cccc(OC)c3)C2)C1. The average Bonchev–Trinajstić information content (AvgIpc) is 3.40. The highest BCUT2D eigenvalue weighted by Crippen LogP contribution is 2.26. The highest BCUT2D eigenvalue weighted by Gasteiger charge is 2.27. The molecule has 7 nitrogen and oxygen atoms in total. The monoisotopic (exact) mass is 387 g/mol. The topological polar surface area (TPSA) is 69.2 Å². The summed E-state index contributed by atoms with van der Waals surface area (Å²) < 4.78 is 5.34. The first-order valence-corrected chi connectivity index (χ1v) is 10.3. The number of hydrogen-bond acceptors (Lipinski definition) is 4. The van der Waals surface area contributed by atoms with Crippen LogP contribution in [0.1, 0.15) is 26.2 Å². The maximum Gasteiger partial charge on any atom is 0.222 e. The van der Waals surface area contributed by atoms with Crippen molar-refractivity contribution in [2.75, 3.05) is 51.8 Å². The second-order valence-electron chi connectivity index (χ2n) is 7.58. The van der Waals surface area contributed by atoms with Crippen molar-refractivity contribution in [3.05, 3.63) is 24.3 Å². The number of aliphatic imine (C=N–C) groups is 1. The fourth-order valence-corrected chi connectivity index (χ4v) is 4.00. The van der Waals surface area contributed by atoms with Gasteiger partial charge in [0.25, 0.3) is 0 Å². The minimum Gasteiger partial charge on any atom is -0.497 e. The van der Waals surface area contributed by atoms with Crippen molar-refractivity contribution >= 4 is 17.6 Å². The molecule has 2 N–H and O–H groups in total. The zero-order chi connectivity index (χ0) is 19.9. The molecule has 2 fully saturated rings. The summed E-state index contributed by atoms with van der Waals surface area (Å²) in [6.07, 6.45) is 2.70. The molecule has 0 aliphatic carbocycles. The number of hydrogen-bond donors (Lipinski definition) is 2. The smallest absolute Gasteiger partial charge is 0.222 e. The number of guanidine groups is 1. The number of carbonyl (C=O) groups excluding carboxylic acids is 1. The van der Waals surface area contributed by atoms with E-state index in [9.17, 15) is 4.79 Å². The van der Waals surface area contributed by atoms with E-state index in [2.05, 4.69) is 32.7 Å². The molecule has 2 saturated heterocycles. The van der Waals surface area contributed by atoms with Crippen molar-refractivity contribution in [1.82, 2.24) is 15.5 Å². The van der Waals surface area contributed by atoms with Crippen LogP contribution in [0.4, 0.5) is 5.69 Å². The molecule has 28 heavy (non-hydrogen) atoms. The van der Waals surface area contributed by atoms with Gasteiger partial charge >= 0.3 is 0 Å². The molecule has 2 heterocycles. The number of ether oxygens (including phenoxy) is 1. The van der Waals surface area contributed by atoms with Gasteiger partial charge in [-0.25, -0.2) is 0 Å². The van der Waals surface area contributed by atoms with Gasteiger partial charge in [-0.15, -0.1) is 0 Å². The largest absolute Gasteiger partial charge is 0.497 e. The number of amides is 1. The van der Waals surface area contributed by atoms with Gasteiger partial charge in [0.15, 0.2) is 5.96 Å². The molecule has 1 aromatic carbocycles. The molecule has 0 spiro atoms. The summed E-state index contributed by atoms with van der Waals surface area (Å²) in [4.78, 5) is 20.6. The molecule has 154 valence electrons. The predicted molar refractivity (Wildman–Crippen MR) is 113 cm³/mol. The first kappa shape index (κ1) is 20.3. The standard InChI is InChI=1S/C21H33N5O2/c1-4-20(27)26-11-9-17(15-26)24-21(22-2)23-13-16-8-10-25(14-16)18-6-5-7-19(12-18)28-3/h5-7,12,16-17H,4,8-11,13-15H2,1-3H3,(H2,22,23,24). The lowest BCUT2D eigenvalue weighted by Gasteiger charge is -2.21. The van der Waals surface area contributed by atoms with Crippen LogP contribution in [0.5, 0.6) is 5.75 Å². The van der Waals surface area contributed by atoms with Gasteiger partial charge in [0.05, 0.1) is 7.11 Å². The third-order valence-corrected chi connectivity index (χ3v) is 5.67. The van der Waals surface area contributed by atoms with Crippen molar-refractivity contribution in [3.8, 4) is 5.75 Å². The van der Waals surface area contributed by atoms with Gasteiger partial charge in [-0.05, 0) is 30.9 Å². The van der Waals surface area contributed by atoms with Crippen LogP contribution in [-0.2, 0) is 4.79 Å². The maximum absolute atomic E-state index is 11.8. The van der Waals surface area contributed by atoms with E-state index in [1.165, 1.54) is 5.69 Å². The number of carbonyl (C=O) groups is 1. The Morgan fingerprint density at radius 1 is 1.29 bits per heavy atom. The molecule has 0 bridgehead atoms. The summed E-state index contributed by atoms with van der Waals surface area (Å²) in [6.45, 7) is 6.49. The highest BCUT2D eigenvalue weighted by molar-refractivity contribution is 5.80. The van der Waals surface area contributed by atoms with Gasteiger partial charge < -0.3 is 25.2 Å². The first-order chi connectivity index (χ1) is 13.6. The Labute approximate surface area is 168 Å². The summed E-state index contributed by atoms with van der Waals surface area (Å²) in [6, 6.07) is 8.53. The van der Waals surface area contributed by atoms with E-state index in [1.54, 1.807) is 14.2 Å². The maximum atomic E-state index is 11.8. The molecule has 1 aromatic rings. The Morgan fingerprint density at radius 2 is 2.14 bits per heavy atom. The number of nitrogens with zero attached hydrogens (tertiary/aromatic N) is 3. The van der Waals surface area contributed by atoms with E-state index < -0.39 is 0 Å². The zero-order valence-electron chi connectivity index (χ0n) is 17.3. The third kappa shape index (κ3) is 5.09. The predicted octanol–water partition coefficient (Wildman–Crippen LogP) is 1.70.